The molecule has 0 fully saturated rings. The van der Waals surface area contributed by atoms with Crippen LogP contribution in [-0.4, -0.2) is 8.42 Å². The van der Waals surface area contributed by atoms with E-state index in [1.54, 1.807) is 66.7 Å². The molecule has 3 aromatic rings. The summed E-state index contributed by atoms with van der Waals surface area (Å²) in [7, 11) is -4.10. The summed E-state index contributed by atoms with van der Waals surface area (Å²) >= 11 is 7.22. The van der Waals surface area contributed by atoms with E-state index in [1.807, 2.05) is 0 Å². The number of nitrogens with one attached hydrogen (secondary N) is 1. The van der Waals surface area contributed by atoms with Crippen LogP contribution in [0.2, 0.25) is 5.02 Å². The second-order valence-corrected chi connectivity index (χ2v) is 9.35. The van der Waals surface area contributed by atoms with Gasteiger partial charge >= 0.3 is 0 Å². The van der Waals surface area contributed by atoms with Crippen LogP contribution in [0.1, 0.15) is 5.56 Å². The van der Waals surface area contributed by atoms with Gasteiger partial charge in [-0.2, -0.15) is 5.26 Å². The van der Waals surface area contributed by atoms with Crippen molar-refractivity contribution < 1.29 is 12.8 Å². The minimum atomic E-state index is -4.10. The third kappa shape index (κ3) is 5.03. The molecular weight excluding hydrogens is 443 g/mol. The number of thioether (sulfide) groups is 1. The fourth-order valence-electron chi connectivity index (χ4n) is 2.56. The molecule has 152 valence electrons. The number of rotatable bonds is 7. The van der Waals surface area contributed by atoms with Crippen molar-refractivity contribution in [3.63, 3.8) is 0 Å². The number of sulfone groups is 1. The first kappa shape index (κ1) is 21.9. The summed E-state index contributed by atoms with van der Waals surface area (Å²) < 4.78 is 40.3. The van der Waals surface area contributed by atoms with E-state index >= 15 is 0 Å². The van der Waals surface area contributed by atoms with Crippen LogP contribution < -0.4 is 5.32 Å². The molecule has 30 heavy (non-hydrogen) atoms. The SMILES string of the molecule is N#CC(=C(Nc1ccccc1Cl)SCc1ccccc1F)S(=O)(=O)c1ccccc1. The molecule has 0 heterocycles. The number of nitrogens with zero attached hydrogens (tertiary/aromatic N) is 1. The predicted molar refractivity (Wildman–Crippen MR) is 119 cm³/mol. The maximum atomic E-state index is 14.1. The molecule has 0 aromatic heterocycles. The first-order chi connectivity index (χ1) is 14.4. The zero-order chi connectivity index (χ0) is 21.6. The molecule has 0 spiro atoms. The summed E-state index contributed by atoms with van der Waals surface area (Å²) in [6.07, 6.45) is 0. The maximum Gasteiger partial charge on any atom is 0.219 e. The van der Waals surface area contributed by atoms with Crippen molar-refractivity contribution in [2.24, 2.45) is 0 Å². The molecule has 0 aliphatic rings. The normalized spacial score (nSPS) is 12.0. The van der Waals surface area contributed by atoms with E-state index in [4.69, 9.17) is 11.6 Å². The minimum Gasteiger partial charge on any atom is -0.347 e. The summed E-state index contributed by atoms with van der Waals surface area (Å²) in [6, 6.07) is 22.4. The lowest BCUT2D eigenvalue weighted by Crippen LogP contribution is -2.10. The zero-order valence-corrected chi connectivity index (χ0v) is 17.9. The predicted octanol–water partition coefficient (Wildman–Crippen LogP) is 5.99. The zero-order valence-electron chi connectivity index (χ0n) is 15.5. The van der Waals surface area contributed by atoms with Crippen LogP contribution in [0.5, 0.6) is 0 Å². The van der Waals surface area contributed by atoms with E-state index in [-0.39, 0.29) is 15.7 Å². The van der Waals surface area contributed by atoms with E-state index in [0.29, 0.717) is 16.3 Å². The Kier molecular flexibility index (Phi) is 7.16. The topological polar surface area (TPSA) is 70.0 Å². The smallest absolute Gasteiger partial charge is 0.219 e. The lowest BCUT2D eigenvalue weighted by molar-refractivity contribution is 0.603. The van der Waals surface area contributed by atoms with Gasteiger partial charge in [-0.05, 0) is 35.9 Å². The van der Waals surface area contributed by atoms with Gasteiger partial charge in [-0.15, -0.1) is 11.8 Å². The van der Waals surface area contributed by atoms with Gasteiger partial charge < -0.3 is 5.32 Å². The van der Waals surface area contributed by atoms with E-state index in [9.17, 15) is 18.1 Å². The van der Waals surface area contributed by atoms with Gasteiger partial charge in [0.15, 0.2) is 4.91 Å². The molecule has 0 unspecified atom stereocenters. The van der Waals surface area contributed by atoms with Crippen LogP contribution in [0.3, 0.4) is 0 Å². The molecule has 8 heteroatoms. The largest absolute Gasteiger partial charge is 0.347 e. The van der Waals surface area contributed by atoms with Gasteiger partial charge in [0.2, 0.25) is 9.84 Å². The highest BCUT2D eigenvalue weighted by atomic mass is 35.5. The van der Waals surface area contributed by atoms with Gasteiger partial charge in [0.1, 0.15) is 16.9 Å². The Labute approximate surface area is 183 Å². The number of para-hydroxylation sites is 1. The molecule has 3 aromatic carbocycles. The van der Waals surface area contributed by atoms with Gasteiger partial charge in [-0.25, -0.2) is 12.8 Å². The number of hydrogen-bond donors (Lipinski definition) is 1. The van der Waals surface area contributed by atoms with E-state index < -0.39 is 20.6 Å². The molecule has 0 atom stereocenters. The Morgan fingerprint density at radius 1 is 1.00 bits per heavy atom. The minimum absolute atomic E-state index is 0.00787. The summed E-state index contributed by atoms with van der Waals surface area (Å²) in [4.78, 5) is -0.471. The van der Waals surface area contributed by atoms with Crippen molar-refractivity contribution in [2.75, 3.05) is 5.32 Å². The monoisotopic (exact) mass is 458 g/mol. The number of halogens is 2. The van der Waals surface area contributed by atoms with Crippen molar-refractivity contribution in [2.45, 2.75) is 10.6 Å². The third-order valence-electron chi connectivity index (χ3n) is 4.08. The van der Waals surface area contributed by atoms with E-state index in [1.165, 1.54) is 18.2 Å². The van der Waals surface area contributed by atoms with Gasteiger partial charge in [-0.3, -0.25) is 0 Å². The van der Waals surface area contributed by atoms with Crippen molar-refractivity contribution >= 4 is 38.9 Å². The lowest BCUT2D eigenvalue weighted by atomic mass is 10.2. The van der Waals surface area contributed by atoms with Crippen molar-refractivity contribution in [1.29, 1.82) is 5.26 Å². The molecule has 4 nitrogen and oxygen atoms in total. The Bertz CT molecular complexity index is 1220. The maximum absolute atomic E-state index is 14.1. The number of benzene rings is 3. The molecule has 0 aliphatic heterocycles. The summed E-state index contributed by atoms with van der Waals surface area (Å²) in [5, 5.41) is 13.1. The van der Waals surface area contributed by atoms with Crippen molar-refractivity contribution in [3.05, 3.63) is 105 Å². The molecule has 0 aliphatic carbocycles. The van der Waals surface area contributed by atoms with Crippen LogP contribution in [0.15, 0.2) is 93.7 Å². The van der Waals surface area contributed by atoms with Crippen LogP contribution in [0.4, 0.5) is 10.1 Å². The number of allylic oxidation sites excluding steroid dienone is 1. The highest BCUT2D eigenvalue weighted by molar-refractivity contribution is 8.04. The molecule has 0 bridgehead atoms. The molecule has 0 radical (unpaired) electrons. The van der Waals surface area contributed by atoms with Crippen molar-refractivity contribution in [3.8, 4) is 6.07 Å². The average molecular weight is 459 g/mol. The van der Waals surface area contributed by atoms with Crippen LogP contribution in [-0.2, 0) is 15.6 Å². The second kappa shape index (κ2) is 9.81. The fraction of sp³-hybridized carbons (Fsp3) is 0.0455. The van der Waals surface area contributed by atoms with Gasteiger partial charge in [0.25, 0.3) is 0 Å². The summed E-state index contributed by atoms with van der Waals surface area (Å²) in [5.74, 6) is -0.291. The molecule has 0 saturated carbocycles. The first-order valence-corrected chi connectivity index (χ1v) is 11.6. The highest BCUT2D eigenvalue weighted by Gasteiger charge is 2.26. The van der Waals surface area contributed by atoms with E-state index in [0.717, 1.165) is 11.8 Å². The fourth-order valence-corrected chi connectivity index (χ4v) is 5.31. The van der Waals surface area contributed by atoms with Gasteiger partial charge in [0, 0.05) is 5.75 Å². The van der Waals surface area contributed by atoms with E-state index in [2.05, 4.69) is 5.32 Å². The average Bonchev–Trinajstić information content (AvgIpc) is 2.75. The Morgan fingerprint density at radius 2 is 1.63 bits per heavy atom. The second-order valence-electron chi connectivity index (χ2n) is 6.07. The van der Waals surface area contributed by atoms with Crippen LogP contribution >= 0.6 is 23.4 Å². The number of hydrogen-bond acceptors (Lipinski definition) is 5. The highest BCUT2D eigenvalue weighted by Crippen LogP contribution is 2.33. The molecular formula is C22H16ClFN2O2S2. The Balaban J connectivity index is 2.07. The molecule has 0 saturated heterocycles. The Morgan fingerprint density at radius 3 is 2.30 bits per heavy atom. The summed E-state index contributed by atoms with van der Waals surface area (Å²) in [6.45, 7) is 0. The molecule has 3 rings (SSSR count). The Hall–Kier alpha value is -2.79. The molecule has 0 amide bonds. The number of nitriles is 1. The quantitative estimate of drug-likeness (QED) is 0.440. The molecule has 1 N–H and O–H groups in total. The van der Waals surface area contributed by atoms with Gasteiger partial charge in [0.05, 0.1) is 15.6 Å². The number of anilines is 1. The lowest BCUT2D eigenvalue weighted by Gasteiger charge is -2.15. The standard InChI is InChI=1S/C22H16ClFN2O2S2/c23-18-11-5-7-13-20(18)26-22(29-15-16-8-4-6-12-19(16)24)21(14-25)30(27,28)17-9-2-1-3-10-17/h1-13,26H,15H2. The summed E-state index contributed by atoms with van der Waals surface area (Å²) in [5.41, 5.74) is 0.821. The first-order valence-electron chi connectivity index (χ1n) is 8.75. The van der Waals surface area contributed by atoms with Crippen LogP contribution in [0, 0.1) is 17.1 Å². The third-order valence-corrected chi connectivity index (χ3v) is 7.32. The van der Waals surface area contributed by atoms with Crippen LogP contribution in [0.25, 0.3) is 0 Å². The van der Waals surface area contributed by atoms with Crippen molar-refractivity contribution in [1.82, 2.24) is 0 Å². The van der Waals surface area contributed by atoms with Gasteiger partial charge in [-0.1, -0.05) is 60.1 Å².